The Hall–Kier alpha value is -2.08. The summed E-state index contributed by atoms with van der Waals surface area (Å²) in [4.78, 5) is 25.1. The Balaban J connectivity index is 2.03. The zero-order valence-electron chi connectivity index (χ0n) is 11.4. The minimum absolute atomic E-state index is 0.0595. The summed E-state index contributed by atoms with van der Waals surface area (Å²) < 4.78 is 0. The second-order valence-electron chi connectivity index (χ2n) is 4.73. The van der Waals surface area contributed by atoms with Crippen LogP contribution in [0.2, 0.25) is 0 Å². The van der Waals surface area contributed by atoms with Crippen LogP contribution >= 0.6 is 0 Å². The fraction of sp³-hybridized carbons (Fsp3) is 0.429. The fourth-order valence-corrected chi connectivity index (χ4v) is 2.11. The van der Waals surface area contributed by atoms with Gasteiger partial charge in [-0.2, -0.15) is 0 Å². The van der Waals surface area contributed by atoms with E-state index in [9.17, 15) is 9.59 Å². The van der Waals surface area contributed by atoms with Gasteiger partial charge in [0.2, 0.25) is 5.91 Å². The summed E-state index contributed by atoms with van der Waals surface area (Å²) in [5.74, 6) is -0.0595. The van der Waals surface area contributed by atoms with E-state index in [0.717, 1.165) is 12.1 Å². The summed E-state index contributed by atoms with van der Waals surface area (Å²) in [5.41, 5.74) is 6.86. The van der Waals surface area contributed by atoms with Crippen LogP contribution in [0.5, 0.6) is 0 Å². The number of urea groups is 1. The van der Waals surface area contributed by atoms with Crippen molar-refractivity contribution in [2.45, 2.75) is 19.3 Å². The number of rotatable bonds is 5. The molecule has 1 aromatic rings. The Morgan fingerprint density at radius 3 is 3.05 bits per heavy atom. The minimum atomic E-state index is -0.0946. The smallest absolute Gasteiger partial charge is 0.321 e. The highest BCUT2D eigenvalue weighted by Gasteiger charge is 2.19. The molecule has 1 heterocycles. The first-order valence-electron chi connectivity index (χ1n) is 6.86. The molecule has 1 saturated heterocycles. The van der Waals surface area contributed by atoms with Crippen molar-refractivity contribution in [1.82, 2.24) is 5.32 Å². The molecule has 0 aromatic heterocycles. The molecule has 0 aliphatic carbocycles. The van der Waals surface area contributed by atoms with E-state index < -0.39 is 0 Å². The van der Waals surface area contributed by atoms with Gasteiger partial charge in [-0.05, 0) is 37.6 Å². The number of nitrogens with two attached hydrogens (primary N) is 1. The zero-order valence-corrected chi connectivity index (χ0v) is 11.4. The summed E-state index contributed by atoms with van der Waals surface area (Å²) in [5, 5.41) is 5.62. The van der Waals surface area contributed by atoms with Crippen LogP contribution in [0, 0.1) is 0 Å². The number of carbonyl (C=O) groups is 2. The third-order valence-electron chi connectivity index (χ3n) is 3.13. The standard InChI is InChI=1S/C14H20N4O2/c15-7-2-6-13(19)17-11-4-1-5-12(10-11)18-9-3-8-16-14(18)20/h1,4-5,10H,2-3,6-9,15H2,(H,16,20)(H,17,19). The molecule has 1 aliphatic heterocycles. The first-order chi connectivity index (χ1) is 9.70. The molecule has 1 fully saturated rings. The number of benzene rings is 1. The van der Waals surface area contributed by atoms with Crippen LogP contribution in [-0.4, -0.2) is 31.6 Å². The van der Waals surface area contributed by atoms with Crippen LogP contribution in [0.25, 0.3) is 0 Å². The molecular formula is C14H20N4O2. The summed E-state index contributed by atoms with van der Waals surface area (Å²) in [6.07, 6.45) is 1.99. The van der Waals surface area contributed by atoms with E-state index in [1.54, 1.807) is 4.90 Å². The quantitative estimate of drug-likeness (QED) is 0.757. The SMILES string of the molecule is NCCCC(=O)Nc1cccc(N2CCCNC2=O)c1. The van der Waals surface area contributed by atoms with Crippen molar-refractivity contribution in [2.24, 2.45) is 5.73 Å². The Labute approximate surface area is 118 Å². The topological polar surface area (TPSA) is 87.5 Å². The molecule has 2 rings (SSSR count). The number of amides is 3. The molecule has 0 bridgehead atoms. The van der Waals surface area contributed by atoms with Gasteiger partial charge in [-0.1, -0.05) is 6.07 Å². The normalized spacial score (nSPS) is 14.8. The molecule has 0 radical (unpaired) electrons. The molecule has 0 atom stereocenters. The Kier molecular flexibility index (Phi) is 4.95. The predicted octanol–water partition coefficient (Wildman–Crippen LogP) is 1.28. The van der Waals surface area contributed by atoms with Crippen molar-refractivity contribution in [2.75, 3.05) is 29.9 Å². The third-order valence-corrected chi connectivity index (χ3v) is 3.13. The summed E-state index contributed by atoms with van der Waals surface area (Å²) >= 11 is 0. The molecular weight excluding hydrogens is 256 g/mol. The zero-order chi connectivity index (χ0) is 14.4. The van der Waals surface area contributed by atoms with E-state index in [-0.39, 0.29) is 11.9 Å². The van der Waals surface area contributed by atoms with Crippen LogP contribution in [0.15, 0.2) is 24.3 Å². The van der Waals surface area contributed by atoms with E-state index >= 15 is 0 Å². The van der Waals surface area contributed by atoms with Gasteiger partial charge in [0.1, 0.15) is 0 Å². The molecule has 108 valence electrons. The molecule has 1 aromatic carbocycles. The highest BCUT2D eigenvalue weighted by atomic mass is 16.2. The summed E-state index contributed by atoms with van der Waals surface area (Å²) in [7, 11) is 0. The van der Waals surface area contributed by atoms with Crippen molar-refractivity contribution in [3.8, 4) is 0 Å². The van der Waals surface area contributed by atoms with Gasteiger partial charge in [-0.15, -0.1) is 0 Å². The van der Waals surface area contributed by atoms with Crippen molar-refractivity contribution in [3.05, 3.63) is 24.3 Å². The average Bonchev–Trinajstić information content (AvgIpc) is 2.46. The maximum absolute atomic E-state index is 11.8. The van der Waals surface area contributed by atoms with Crippen molar-refractivity contribution in [3.63, 3.8) is 0 Å². The Morgan fingerprint density at radius 1 is 1.45 bits per heavy atom. The van der Waals surface area contributed by atoms with Gasteiger partial charge in [-0.25, -0.2) is 4.79 Å². The number of anilines is 2. The van der Waals surface area contributed by atoms with Crippen LogP contribution in [0.3, 0.4) is 0 Å². The molecule has 4 N–H and O–H groups in total. The van der Waals surface area contributed by atoms with Gasteiger partial charge >= 0.3 is 6.03 Å². The molecule has 1 aliphatic rings. The molecule has 0 unspecified atom stereocenters. The summed E-state index contributed by atoms with van der Waals surface area (Å²) in [6, 6.07) is 7.22. The Morgan fingerprint density at radius 2 is 2.30 bits per heavy atom. The lowest BCUT2D eigenvalue weighted by Crippen LogP contribution is -2.46. The third kappa shape index (κ3) is 3.71. The molecule has 0 spiro atoms. The maximum Gasteiger partial charge on any atom is 0.321 e. The van der Waals surface area contributed by atoms with Gasteiger partial charge in [0.05, 0.1) is 0 Å². The largest absolute Gasteiger partial charge is 0.338 e. The highest BCUT2D eigenvalue weighted by molar-refractivity contribution is 5.95. The van der Waals surface area contributed by atoms with E-state index in [0.29, 0.717) is 38.2 Å². The fourth-order valence-electron chi connectivity index (χ4n) is 2.11. The van der Waals surface area contributed by atoms with Crippen LogP contribution < -0.4 is 21.3 Å². The summed E-state index contributed by atoms with van der Waals surface area (Å²) in [6.45, 7) is 1.91. The first kappa shape index (κ1) is 14.3. The van der Waals surface area contributed by atoms with E-state index in [2.05, 4.69) is 10.6 Å². The number of hydrogen-bond acceptors (Lipinski definition) is 3. The van der Waals surface area contributed by atoms with Gasteiger partial charge in [-0.3, -0.25) is 9.69 Å². The van der Waals surface area contributed by atoms with Crippen LogP contribution in [-0.2, 0) is 4.79 Å². The average molecular weight is 276 g/mol. The van der Waals surface area contributed by atoms with E-state index in [4.69, 9.17) is 5.73 Å². The number of nitrogens with one attached hydrogen (secondary N) is 2. The molecule has 3 amide bonds. The minimum Gasteiger partial charge on any atom is -0.338 e. The lowest BCUT2D eigenvalue weighted by Gasteiger charge is -2.27. The maximum atomic E-state index is 11.8. The van der Waals surface area contributed by atoms with E-state index in [1.807, 2.05) is 24.3 Å². The van der Waals surface area contributed by atoms with Crippen molar-refractivity contribution < 1.29 is 9.59 Å². The van der Waals surface area contributed by atoms with Gasteiger partial charge < -0.3 is 16.4 Å². The Bertz CT molecular complexity index is 490. The second kappa shape index (κ2) is 6.91. The van der Waals surface area contributed by atoms with E-state index in [1.165, 1.54) is 0 Å². The van der Waals surface area contributed by atoms with Crippen molar-refractivity contribution in [1.29, 1.82) is 0 Å². The lowest BCUT2D eigenvalue weighted by molar-refractivity contribution is -0.116. The molecule has 6 nitrogen and oxygen atoms in total. The number of nitrogens with zero attached hydrogens (tertiary/aromatic N) is 1. The number of hydrogen-bond donors (Lipinski definition) is 3. The second-order valence-corrected chi connectivity index (χ2v) is 4.73. The van der Waals surface area contributed by atoms with Gasteiger partial charge in [0, 0.05) is 30.9 Å². The monoisotopic (exact) mass is 276 g/mol. The predicted molar refractivity (Wildman–Crippen MR) is 78.7 cm³/mol. The lowest BCUT2D eigenvalue weighted by atomic mass is 10.2. The molecule has 20 heavy (non-hydrogen) atoms. The van der Waals surface area contributed by atoms with Gasteiger partial charge in [0.15, 0.2) is 0 Å². The van der Waals surface area contributed by atoms with Crippen LogP contribution in [0.4, 0.5) is 16.2 Å². The molecule has 6 heteroatoms. The van der Waals surface area contributed by atoms with Gasteiger partial charge in [0.25, 0.3) is 0 Å². The number of carbonyl (C=O) groups excluding carboxylic acids is 2. The van der Waals surface area contributed by atoms with Crippen LogP contribution in [0.1, 0.15) is 19.3 Å². The first-order valence-corrected chi connectivity index (χ1v) is 6.86. The van der Waals surface area contributed by atoms with Crippen molar-refractivity contribution >= 4 is 23.3 Å². The molecule has 0 saturated carbocycles. The highest BCUT2D eigenvalue weighted by Crippen LogP contribution is 2.21.